The summed E-state index contributed by atoms with van der Waals surface area (Å²) in [5.74, 6) is 0.222. The summed E-state index contributed by atoms with van der Waals surface area (Å²) in [4.78, 5) is 0. The molecule has 5 N–H and O–H groups in total. The molecule has 0 bridgehead atoms. The second-order valence-electron chi connectivity index (χ2n) is 4.62. The first kappa shape index (κ1) is 15.8. The number of nitrogens with zero attached hydrogens (tertiary/aromatic N) is 1. The Balaban J connectivity index is 2.23. The lowest BCUT2D eigenvalue weighted by atomic mass is 10.1. The molecule has 0 aromatic heterocycles. The largest absolute Gasteiger partial charge is 0.486 e. The number of anilines is 1. The van der Waals surface area contributed by atoms with E-state index in [0.717, 1.165) is 5.70 Å². The third-order valence-corrected chi connectivity index (χ3v) is 3.82. The fourth-order valence-corrected chi connectivity index (χ4v) is 2.71. The Morgan fingerprint density at radius 1 is 1.55 bits per heavy atom. The number of benzene rings is 1. The van der Waals surface area contributed by atoms with Gasteiger partial charge in [-0.1, -0.05) is 6.07 Å². The Labute approximate surface area is 128 Å². The number of hydrogen-bond donors (Lipinski definition) is 4. The Morgan fingerprint density at radius 3 is 2.95 bits per heavy atom. The zero-order chi connectivity index (χ0) is 16.3. The van der Waals surface area contributed by atoms with Crippen molar-refractivity contribution in [1.29, 1.82) is 5.41 Å². The van der Waals surface area contributed by atoms with E-state index in [4.69, 9.17) is 15.9 Å². The molecule has 0 unspecified atom stereocenters. The van der Waals surface area contributed by atoms with Gasteiger partial charge in [0.25, 0.3) is 0 Å². The van der Waals surface area contributed by atoms with Crippen LogP contribution in [0.2, 0.25) is 0 Å². The molecule has 1 aliphatic rings. The number of fused-ring (bicyclic) bond motifs is 1. The summed E-state index contributed by atoms with van der Waals surface area (Å²) in [7, 11) is -2.05. The van der Waals surface area contributed by atoms with Crippen molar-refractivity contribution < 1.29 is 13.2 Å². The van der Waals surface area contributed by atoms with E-state index in [1.807, 2.05) is 6.92 Å². The maximum atomic E-state index is 11.5. The lowest BCUT2D eigenvalue weighted by Crippen LogP contribution is -2.27. The quantitative estimate of drug-likeness (QED) is 0.589. The van der Waals surface area contributed by atoms with Crippen LogP contribution < -0.4 is 20.5 Å². The summed E-state index contributed by atoms with van der Waals surface area (Å²) in [5.41, 5.74) is 7.48. The van der Waals surface area contributed by atoms with E-state index in [9.17, 15) is 8.42 Å². The highest BCUT2D eigenvalue weighted by Gasteiger charge is 2.24. The SMILES string of the molecule is CN/C(C)=C\C(=N)COc1cccc2c1C(N)=NS(=O)(=O)N2. The van der Waals surface area contributed by atoms with E-state index in [-0.39, 0.29) is 18.2 Å². The molecular weight excluding hydrogens is 306 g/mol. The minimum Gasteiger partial charge on any atom is -0.486 e. The highest BCUT2D eigenvalue weighted by atomic mass is 32.2. The van der Waals surface area contributed by atoms with E-state index in [0.29, 0.717) is 17.0 Å². The van der Waals surface area contributed by atoms with Crippen molar-refractivity contribution in [2.75, 3.05) is 18.4 Å². The summed E-state index contributed by atoms with van der Waals surface area (Å²) in [5, 5.41) is 10.7. The fraction of sp³-hybridized carbons (Fsp3) is 0.231. The molecule has 1 aliphatic heterocycles. The van der Waals surface area contributed by atoms with Gasteiger partial charge in [0.15, 0.2) is 5.84 Å². The monoisotopic (exact) mass is 323 g/mol. The summed E-state index contributed by atoms with van der Waals surface area (Å²) in [6.07, 6.45) is 1.63. The van der Waals surface area contributed by atoms with E-state index < -0.39 is 10.2 Å². The standard InChI is InChI=1S/C13H17N5O3S/c1-8(16-2)6-9(14)7-21-11-5-3-4-10-12(11)13(15)18-22(19,20)17-10/h3-6,14,16-17H,7H2,1-2H3,(H2,15,18)/b8-6-,14-9?. The normalized spacial score (nSPS) is 16.1. The van der Waals surface area contributed by atoms with Crippen molar-refractivity contribution in [2.24, 2.45) is 10.1 Å². The Kier molecular flexibility index (Phi) is 4.36. The second-order valence-corrected chi connectivity index (χ2v) is 5.96. The first-order valence-corrected chi connectivity index (χ1v) is 7.84. The van der Waals surface area contributed by atoms with Crippen molar-refractivity contribution >= 4 is 27.4 Å². The number of hydrogen-bond acceptors (Lipinski definition) is 6. The van der Waals surface area contributed by atoms with Crippen LogP contribution in [0.5, 0.6) is 5.75 Å². The molecule has 0 saturated carbocycles. The number of ether oxygens (including phenoxy) is 1. The van der Waals surface area contributed by atoms with Gasteiger partial charge in [-0.2, -0.15) is 8.42 Å². The molecule has 0 amide bonds. The van der Waals surface area contributed by atoms with Crippen molar-refractivity contribution in [3.05, 3.63) is 35.5 Å². The first-order chi connectivity index (χ1) is 10.3. The van der Waals surface area contributed by atoms with E-state index in [1.165, 1.54) is 0 Å². The fourth-order valence-electron chi connectivity index (χ4n) is 1.87. The molecule has 1 aromatic rings. The summed E-state index contributed by atoms with van der Waals surface area (Å²) in [6.45, 7) is 1.86. The molecule has 2 rings (SSSR count). The third-order valence-electron chi connectivity index (χ3n) is 2.91. The lowest BCUT2D eigenvalue weighted by Gasteiger charge is -2.19. The van der Waals surface area contributed by atoms with Crippen molar-refractivity contribution in [3.8, 4) is 5.75 Å². The van der Waals surface area contributed by atoms with E-state index in [2.05, 4.69) is 14.4 Å². The zero-order valence-electron chi connectivity index (χ0n) is 12.2. The molecule has 0 atom stereocenters. The van der Waals surface area contributed by atoms with Crippen LogP contribution in [-0.4, -0.2) is 33.6 Å². The summed E-state index contributed by atoms with van der Waals surface area (Å²) >= 11 is 0. The highest BCUT2D eigenvalue weighted by molar-refractivity contribution is 7.91. The minimum atomic E-state index is -3.82. The molecule has 9 heteroatoms. The summed E-state index contributed by atoms with van der Waals surface area (Å²) in [6, 6.07) is 4.84. The lowest BCUT2D eigenvalue weighted by molar-refractivity contribution is 0.376. The molecule has 0 radical (unpaired) electrons. The number of rotatable bonds is 5. The second kappa shape index (κ2) is 6.06. The predicted molar refractivity (Wildman–Crippen MR) is 85.7 cm³/mol. The van der Waals surface area contributed by atoms with Crippen LogP contribution in [0.4, 0.5) is 5.69 Å². The van der Waals surface area contributed by atoms with Gasteiger partial charge in [0.1, 0.15) is 12.4 Å². The number of nitrogens with one attached hydrogen (secondary N) is 3. The smallest absolute Gasteiger partial charge is 0.344 e. The molecule has 0 fully saturated rings. The average Bonchev–Trinajstić information content (AvgIpc) is 2.43. The van der Waals surface area contributed by atoms with Crippen LogP contribution in [0.15, 0.2) is 34.4 Å². The van der Waals surface area contributed by atoms with Gasteiger partial charge in [0, 0.05) is 12.7 Å². The Hall–Kier alpha value is -2.55. The van der Waals surface area contributed by atoms with Crippen LogP contribution in [0.1, 0.15) is 12.5 Å². The first-order valence-electron chi connectivity index (χ1n) is 6.40. The molecule has 8 nitrogen and oxygen atoms in total. The van der Waals surface area contributed by atoms with Crippen molar-refractivity contribution in [2.45, 2.75) is 6.92 Å². The van der Waals surface area contributed by atoms with Gasteiger partial charge in [0.2, 0.25) is 0 Å². The molecule has 0 spiro atoms. The van der Waals surface area contributed by atoms with Gasteiger partial charge in [-0.05, 0) is 25.1 Å². The molecule has 0 saturated heterocycles. The maximum absolute atomic E-state index is 11.5. The molecule has 22 heavy (non-hydrogen) atoms. The third kappa shape index (κ3) is 3.55. The predicted octanol–water partition coefficient (Wildman–Crippen LogP) is 0.584. The minimum absolute atomic E-state index is 0.0233. The zero-order valence-corrected chi connectivity index (χ0v) is 13.0. The molecule has 0 aliphatic carbocycles. The van der Waals surface area contributed by atoms with E-state index in [1.54, 1.807) is 31.3 Å². The van der Waals surface area contributed by atoms with Gasteiger partial charge < -0.3 is 21.2 Å². The van der Waals surface area contributed by atoms with Crippen molar-refractivity contribution in [3.63, 3.8) is 0 Å². The van der Waals surface area contributed by atoms with Crippen LogP contribution >= 0.6 is 0 Å². The van der Waals surface area contributed by atoms with Gasteiger partial charge in [-0.25, -0.2) is 0 Å². The Bertz CT molecular complexity index is 768. The van der Waals surface area contributed by atoms with Gasteiger partial charge in [0.05, 0.1) is 17.0 Å². The van der Waals surface area contributed by atoms with Crippen LogP contribution in [0, 0.1) is 5.41 Å². The van der Waals surface area contributed by atoms with Crippen molar-refractivity contribution in [1.82, 2.24) is 5.32 Å². The summed E-state index contributed by atoms with van der Waals surface area (Å²) < 4.78 is 34.2. The molecule has 1 aromatic carbocycles. The van der Waals surface area contributed by atoms with E-state index >= 15 is 0 Å². The Morgan fingerprint density at radius 2 is 2.27 bits per heavy atom. The van der Waals surface area contributed by atoms with Gasteiger partial charge in [-0.3, -0.25) is 4.72 Å². The average molecular weight is 323 g/mol. The molecule has 118 valence electrons. The van der Waals surface area contributed by atoms with Crippen LogP contribution in [0.3, 0.4) is 0 Å². The highest BCUT2D eigenvalue weighted by Crippen LogP contribution is 2.30. The number of nitrogens with two attached hydrogens (primary N) is 1. The number of amidine groups is 1. The molecule has 1 heterocycles. The van der Waals surface area contributed by atoms with Gasteiger partial charge >= 0.3 is 10.2 Å². The maximum Gasteiger partial charge on any atom is 0.344 e. The molecular formula is C13H17N5O3S. The van der Waals surface area contributed by atoms with Crippen LogP contribution in [0.25, 0.3) is 0 Å². The van der Waals surface area contributed by atoms with Gasteiger partial charge in [-0.15, -0.1) is 4.40 Å². The number of allylic oxidation sites excluding steroid dienone is 1. The topological polar surface area (TPSA) is 130 Å². The van der Waals surface area contributed by atoms with Crippen LogP contribution in [-0.2, 0) is 10.2 Å².